The Morgan fingerprint density at radius 2 is 1.04 bits per heavy atom. The lowest BCUT2D eigenvalue weighted by Gasteiger charge is -2.19. The molecule has 4 N–H and O–H groups in total. The van der Waals surface area contributed by atoms with E-state index in [4.69, 9.17) is 18.9 Å². The third-order valence-electron chi connectivity index (χ3n) is 7.32. The largest absolute Gasteiger partial charge is 0.481 e. The number of rotatable bonds is 20. The second-order valence-electron chi connectivity index (χ2n) is 14.6. The Morgan fingerprint density at radius 3 is 1.43 bits per heavy atom. The van der Waals surface area contributed by atoms with Gasteiger partial charge in [0.25, 0.3) is 0 Å². The van der Waals surface area contributed by atoms with Gasteiger partial charge in [-0.1, -0.05) is 73.5 Å². The Morgan fingerprint density at radius 1 is 0.623 bits per heavy atom. The number of carbonyl (C=O) groups excluding carboxylic acids is 4. The van der Waals surface area contributed by atoms with Crippen molar-refractivity contribution in [3.05, 3.63) is 71.8 Å². The highest BCUT2D eigenvalue weighted by Gasteiger charge is 2.22. The zero-order valence-electron chi connectivity index (χ0n) is 32.2. The molecule has 0 aliphatic rings. The number of unbranched alkanes of at least 4 members (excludes halogenated alkanes) is 2. The molecule has 0 saturated carbocycles. The number of aliphatic hydroxyl groups excluding tert-OH is 1. The van der Waals surface area contributed by atoms with Gasteiger partial charge in [-0.3, -0.25) is 14.4 Å². The van der Waals surface area contributed by atoms with Gasteiger partial charge in [0.05, 0.1) is 18.8 Å². The molecule has 13 heteroatoms. The van der Waals surface area contributed by atoms with Crippen molar-refractivity contribution < 1.29 is 53.1 Å². The monoisotopic (exact) mass is 744 g/mol. The molecule has 0 fully saturated rings. The number of esters is 2. The van der Waals surface area contributed by atoms with Crippen molar-refractivity contribution in [2.75, 3.05) is 19.7 Å². The average Bonchev–Trinajstić information content (AvgIpc) is 3.08. The number of carboxylic acids is 1. The van der Waals surface area contributed by atoms with E-state index < -0.39 is 41.2 Å². The fourth-order valence-corrected chi connectivity index (χ4v) is 4.68. The first-order valence-corrected chi connectivity index (χ1v) is 18.1. The van der Waals surface area contributed by atoms with Gasteiger partial charge in [-0.2, -0.15) is 0 Å². The first-order valence-electron chi connectivity index (χ1n) is 18.1. The molecule has 0 unspecified atom stereocenters. The van der Waals surface area contributed by atoms with Gasteiger partial charge in [0.1, 0.15) is 24.4 Å². The van der Waals surface area contributed by atoms with Crippen molar-refractivity contribution in [1.29, 1.82) is 0 Å². The third kappa shape index (κ3) is 25.9. The van der Waals surface area contributed by atoms with Crippen molar-refractivity contribution in [3.63, 3.8) is 0 Å². The molecule has 2 aromatic carbocycles. The summed E-state index contributed by atoms with van der Waals surface area (Å²) in [5, 5.41) is 24.0. The summed E-state index contributed by atoms with van der Waals surface area (Å²) in [6, 6.07) is 18.7. The van der Waals surface area contributed by atoms with Gasteiger partial charge < -0.3 is 39.8 Å². The van der Waals surface area contributed by atoms with Crippen LogP contribution < -0.4 is 10.6 Å². The summed E-state index contributed by atoms with van der Waals surface area (Å²) in [7, 11) is 0. The molecule has 0 aliphatic heterocycles. The quantitative estimate of drug-likeness (QED) is 0.0625. The van der Waals surface area contributed by atoms with E-state index >= 15 is 0 Å². The molecule has 2 amide bonds. The minimum atomic E-state index is -1.02. The predicted octanol–water partition coefficient (Wildman–Crippen LogP) is 6.94. The molecule has 0 spiro atoms. The van der Waals surface area contributed by atoms with Crippen molar-refractivity contribution in [2.24, 2.45) is 11.8 Å². The first kappa shape index (κ1) is 46.4. The molecule has 0 aromatic heterocycles. The van der Waals surface area contributed by atoms with Crippen LogP contribution in [0.2, 0.25) is 0 Å². The minimum Gasteiger partial charge on any atom is -0.481 e. The average molecular weight is 745 g/mol. The van der Waals surface area contributed by atoms with Crippen molar-refractivity contribution in [3.8, 4) is 0 Å². The summed E-state index contributed by atoms with van der Waals surface area (Å²) in [4.78, 5) is 58.1. The molecule has 2 aromatic rings. The molecule has 296 valence electrons. The molecular weight excluding hydrogens is 684 g/mol. The maximum Gasteiger partial charge on any atom is 0.407 e. The van der Waals surface area contributed by atoms with Crippen LogP contribution in [0.4, 0.5) is 9.59 Å². The van der Waals surface area contributed by atoms with Gasteiger partial charge >= 0.3 is 30.1 Å². The summed E-state index contributed by atoms with van der Waals surface area (Å²) in [5.41, 5.74) is 0.727. The smallest absolute Gasteiger partial charge is 0.407 e. The fourth-order valence-electron chi connectivity index (χ4n) is 4.68. The summed E-state index contributed by atoms with van der Waals surface area (Å²) in [6.45, 7) is 12.0. The lowest BCUT2D eigenvalue weighted by atomic mass is 9.98. The third-order valence-corrected chi connectivity index (χ3v) is 7.32. The van der Waals surface area contributed by atoms with Gasteiger partial charge in [0.15, 0.2) is 0 Å². The molecule has 0 aliphatic carbocycles. The highest BCUT2D eigenvalue weighted by Crippen LogP contribution is 2.16. The highest BCUT2D eigenvalue weighted by molar-refractivity contribution is 5.78. The highest BCUT2D eigenvalue weighted by atomic mass is 16.6. The molecule has 0 heterocycles. The number of ether oxygens (including phenoxy) is 4. The SMILES string of the molecule is CC(C)(C)OC(=O)NCCCC[C@@H](CO)CC(=O)OCc1ccccc1.CC(C)(C)OC(=O)NCCCC[C@H](CC(=O)OCc1ccccc1)C(=O)O. The predicted molar refractivity (Wildman–Crippen MR) is 200 cm³/mol. The molecular formula is C40H60N2O11. The Balaban J connectivity index is 0.000000530. The van der Waals surface area contributed by atoms with Gasteiger partial charge in [-0.15, -0.1) is 0 Å². The van der Waals surface area contributed by atoms with Crippen molar-refractivity contribution in [1.82, 2.24) is 10.6 Å². The van der Waals surface area contributed by atoms with Crippen molar-refractivity contribution in [2.45, 2.75) is 117 Å². The standard InChI is InChI=1S/C20H29NO6.C20H31NO5/c1-20(2,3)27-19(25)21-12-8-7-11-16(18(23)24)13-17(22)26-14-15-9-5-4-6-10-15;1-20(2,3)26-19(24)21-12-8-7-11-17(14-22)13-18(23)25-15-16-9-5-4-6-10-16/h4-6,9-10,16H,7-8,11-14H2,1-3H3,(H,21,25)(H,23,24);4-6,9-10,17,22H,7-8,11-15H2,1-3H3,(H,21,24)/t16-;17-/m11/s1. The van der Waals surface area contributed by atoms with E-state index in [-0.39, 0.29) is 44.5 Å². The Hall–Kier alpha value is -4.65. The molecule has 2 atom stereocenters. The lowest BCUT2D eigenvalue weighted by molar-refractivity contribution is -0.152. The maximum atomic E-state index is 11.9. The van der Waals surface area contributed by atoms with Crippen LogP contribution in [0.5, 0.6) is 0 Å². The Kier molecular flexibility index (Phi) is 22.2. The van der Waals surface area contributed by atoms with Gasteiger partial charge in [-0.05, 0) is 84.3 Å². The van der Waals surface area contributed by atoms with E-state index in [1.54, 1.807) is 20.8 Å². The Labute approximate surface area is 314 Å². The van der Waals surface area contributed by atoms with E-state index in [1.165, 1.54) is 0 Å². The fraction of sp³-hybridized carbons (Fsp3) is 0.575. The number of aliphatic carboxylic acids is 1. The van der Waals surface area contributed by atoms with Crippen LogP contribution in [0.25, 0.3) is 0 Å². The summed E-state index contributed by atoms with van der Waals surface area (Å²) < 4.78 is 20.6. The molecule has 13 nitrogen and oxygen atoms in total. The minimum absolute atomic E-state index is 0.0556. The summed E-state index contributed by atoms with van der Waals surface area (Å²) in [5.74, 6) is -2.78. The zero-order valence-corrected chi connectivity index (χ0v) is 32.2. The van der Waals surface area contributed by atoms with E-state index in [9.17, 15) is 34.2 Å². The first-order chi connectivity index (χ1) is 25.0. The number of aliphatic hydroxyl groups is 1. The van der Waals surface area contributed by atoms with Crippen LogP contribution in [0, 0.1) is 11.8 Å². The van der Waals surface area contributed by atoms with Gasteiger partial charge in [0, 0.05) is 19.7 Å². The molecule has 2 rings (SSSR count). The Bertz CT molecular complexity index is 1360. The second-order valence-corrected chi connectivity index (χ2v) is 14.6. The van der Waals surface area contributed by atoms with Crippen LogP contribution in [0.15, 0.2) is 60.7 Å². The van der Waals surface area contributed by atoms with Crippen LogP contribution in [-0.2, 0) is 46.5 Å². The number of hydrogen-bond donors (Lipinski definition) is 4. The number of amides is 2. The molecule has 0 radical (unpaired) electrons. The number of alkyl carbamates (subject to hydrolysis) is 2. The second kappa shape index (κ2) is 25.3. The zero-order chi connectivity index (χ0) is 39.7. The number of benzene rings is 2. The van der Waals surface area contributed by atoms with Gasteiger partial charge in [0.2, 0.25) is 0 Å². The lowest BCUT2D eigenvalue weighted by Crippen LogP contribution is -2.33. The van der Waals surface area contributed by atoms with Crippen LogP contribution in [-0.4, -0.2) is 71.2 Å². The van der Waals surface area contributed by atoms with Crippen molar-refractivity contribution >= 4 is 30.1 Å². The summed E-state index contributed by atoms with van der Waals surface area (Å²) >= 11 is 0. The normalized spacial score (nSPS) is 12.2. The maximum absolute atomic E-state index is 11.9. The van der Waals surface area contributed by atoms with Gasteiger partial charge in [-0.25, -0.2) is 9.59 Å². The number of nitrogens with one attached hydrogen (secondary N) is 2. The van der Waals surface area contributed by atoms with Crippen LogP contribution in [0.1, 0.15) is 104 Å². The van der Waals surface area contributed by atoms with Crippen LogP contribution >= 0.6 is 0 Å². The number of carboxylic acid groups (broad SMARTS) is 1. The van der Waals surface area contributed by atoms with Crippen LogP contribution in [0.3, 0.4) is 0 Å². The molecule has 53 heavy (non-hydrogen) atoms. The van der Waals surface area contributed by atoms with E-state index in [1.807, 2.05) is 81.4 Å². The molecule has 0 bridgehead atoms. The van der Waals surface area contributed by atoms with E-state index in [0.29, 0.717) is 38.8 Å². The topological polar surface area (TPSA) is 187 Å². The van der Waals surface area contributed by atoms with E-state index in [0.717, 1.165) is 24.0 Å². The number of hydrogen-bond acceptors (Lipinski definition) is 10. The van der Waals surface area contributed by atoms with E-state index in [2.05, 4.69) is 10.6 Å². The number of carbonyl (C=O) groups is 5. The molecule has 0 saturated heterocycles. The summed E-state index contributed by atoms with van der Waals surface area (Å²) in [6.07, 6.45) is 2.87.